The van der Waals surface area contributed by atoms with Gasteiger partial charge in [-0.3, -0.25) is 4.79 Å². The molecule has 2 heterocycles. The van der Waals surface area contributed by atoms with E-state index in [1.54, 1.807) is 23.4 Å². The molecular formula is C21H27NO5S. The number of rotatable bonds is 5. The van der Waals surface area contributed by atoms with Crippen LogP contribution in [0, 0.1) is 18.3 Å². The summed E-state index contributed by atoms with van der Waals surface area (Å²) in [5.74, 6) is -0.159. The van der Waals surface area contributed by atoms with Gasteiger partial charge in [-0.1, -0.05) is 29.8 Å². The molecule has 1 saturated carbocycles. The van der Waals surface area contributed by atoms with Crippen LogP contribution in [-0.4, -0.2) is 50.6 Å². The lowest BCUT2D eigenvalue weighted by molar-refractivity contribution is -0.146. The second kappa shape index (κ2) is 6.97. The molecule has 152 valence electrons. The van der Waals surface area contributed by atoms with Gasteiger partial charge in [0.05, 0.1) is 30.6 Å². The first-order chi connectivity index (χ1) is 13.3. The summed E-state index contributed by atoms with van der Waals surface area (Å²) >= 11 is 0. The fraction of sp³-hybridized carbons (Fsp3) is 0.571. The summed E-state index contributed by atoms with van der Waals surface area (Å²) < 4.78 is 39.4. The summed E-state index contributed by atoms with van der Waals surface area (Å²) in [6.45, 7) is 9.05. The Hall–Kier alpha value is -1.70. The Bertz CT molecular complexity index is 894. The third-order valence-electron chi connectivity index (χ3n) is 6.65. The maximum atomic E-state index is 13.3. The van der Waals surface area contributed by atoms with Crippen LogP contribution in [-0.2, 0) is 24.3 Å². The minimum Gasteiger partial charge on any atom is -0.466 e. The van der Waals surface area contributed by atoms with Crippen LogP contribution in [0.4, 0.5) is 0 Å². The lowest BCUT2D eigenvalue weighted by Crippen LogP contribution is -2.42. The number of sulfonamides is 1. The maximum Gasteiger partial charge on any atom is 0.308 e. The van der Waals surface area contributed by atoms with Crippen LogP contribution < -0.4 is 0 Å². The monoisotopic (exact) mass is 405 g/mol. The van der Waals surface area contributed by atoms with Crippen LogP contribution in [0.15, 0.2) is 41.3 Å². The van der Waals surface area contributed by atoms with Crippen molar-refractivity contribution in [2.75, 3.05) is 19.8 Å². The highest BCUT2D eigenvalue weighted by molar-refractivity contribution is 7.89. The van der Waals surface area contributed by atoms with Crippen LogP contribution >= 0.6 is 0 Å². The highest BCUT2D eigenvalue weighted by Gasteiger charge is 2.65. The molecule has 1 spiro atoms. The van der Waals surface area contributed by atoms with Gasteiger partial charge in [0, 0.05) is 18.0 Å². The molecule has 3 aliphatic rings. The standard InChI is InChI=1S/C21H27NO5S/c1-4-26-20(23)11-18-17-9-10-19-21(17,13-27-18)15(3)12-22(19)28(24,25)16-7-5-14(2)6-8-16/h5-8,17-19H,3-4,9-13H2,1-2H3/t17-,18+,19+,21-/m1/s1. The lowest BCUT2D eigenvalue weighted by Gasteiger charge is -2.31. The molecule has 0 aromatic heterocycles. The normalized spacial score (nSPS) is 32.4. The van der Waals surface area contributed by atoms with Gasteiger partial charge in [0.15, 0.2) is 0 Å². The number of hydrogen-bond donors (Lipinski definition) is 0. The van der Waals surface area contributed by atoms with Crippen molar-refractivity contribution in [3.8, 4) is 0 Å². The molecule has 4 rings (SSSR count). The Morgan fingerprint density at radius 3 is 2.71 bits per heavy atom. The third kappa shape index (κ3) is 2.83. The van der Waals surface area contributed by atoms with Gasteiger partial charge < -0.3 is 9.47 Å². The predicted molar refractivity (Wildman–Crippen MR) is 104 cm³/mol. The lowest BCUT2D eigenvalue weighted by atomic mass is 9.72. The molecule has 6 nitrogen and oxygen atoms in total. The number of aryl methyl sites for hydroxylation is 1. The molecular weight excluding hydrogens is 378 g/mol. The molecule has 2 aliphatic heterocycles. The quantitative estimate of drug-likeness (QED) is 0.556. The first kappa shape index (κ1) is 19.6. The van der Waals surface area contributed by atoms with Crippen molar-refractivity contribution in [3.63, 3.8) is 0 Å². The van der Waals surface area contributed by atoms with Gasteiger partial charge in [-0.15, -0.1) is 0 Å². The highest BCUT2D eigenvalue weighted by atomic mass is 32.2. The molecule has 0 N–H and O–H groups in total. The maximum absolute atomic E-state index is 13.3. The van der Waals surface area contributed by atoms with Gasteiger partial charge in [0.2, 0.25) is 10.0 Å². The molecule has 1 aromatic carbocycles. The van der Waals surface area contributed by atoms with E-state index in [0.717, 1.165) is 24.0 Å². The van der Waals surface area contributed by atoms with E-state index in [9.17, 15) is 13.2 Å². The number of carbonyl (C=O) groups is 1. The number of esters is 1. The summed E-state index contributed by atoms with van der Waals surface area (Å²) in [7, 11) is -3.61. The zero-order valence-electron chi connectivity index (χ0n) is 16.4. The number of benzene rings is 1. The molecule has 2 saturated heterocycles. The average Bonchev–Trinajstić information content (AvgIpc) is 3.27. The van der Waals surface area contributed by atoms with E-state index in [1.807, 2.05) is 19.1 Å². The summed E-state index contributed by atoms with van der Waals surface area (Å²) in [5.41, 5.74) is 1.53. The predicted octanol–water partition coefficient (Wildman–Crippen LogP) is 2.67. The van der Waals surface area contributed by atoms with Gasteiger partial charge in [0.25, 0.3) is 0 Å². The number of hydrogen-bond acceptors (Lipinski definition) is 5. The van der Waals surface area contributed by atoms with E-state index >= 15 is 0 Å². The molecule has 1 aliphatic carbocycles. The number of carbonyl (C=O) groups excluding carboxylic acids is 1. The van der Waals surface area contributed by atoms with Crippen molar-refractivity contribution in [2.45, 2.75) is 50.2 Å². The topological polar surface area (TPSA) is 72.9 Å². The van der Waals surface area contributed by atoms with Gasteiger partial charge in [-0.2, -0.15) is 4.31 Å². The van der Waals surface area contributed by atoms with Crippen molar-refractivity contribution >= 4 is 16.0 Å². The van der Waals surface area contributed by atoms with E-state index in [0.29, 0.717) is 24.7 Å². The second-order valence-corrected chi connectivity index (χ2v) is 9.96. The van der Waals surface area contributed by atoms with Gasteiger partial charge >= 0.3 is 5.97 Å². The average molecular weight is 406 g/mol. The van der Waals surface area contributed by atoms with Gasteiger partial charge in [-0.05, 0) is 44.7 Å². The van der Waals surface area contributed by atoms with Crippen LogP contribution in [0.2, 0.25) is 0 Å². The summed E-state index contributed by atoms with van der Waals surface area (Å²) in [5, 5.41) is 0. The summed E-state index contributed by atoms with van der Waals surface area (Å²) in [6, 6.07) is 6.81. The summed E-state index contributed by atoms with van der Waals surface area (Å²) in [6.07, 6.45) is 1.57. The zero-order valence-corrected chi connectivity index (χ0v) is 17.2. The van der Waals surface area contributed by atoms with Crippen LogP contribution in [0.25, 0.3) is 0 Å². The first-order valence-electron chi connectivity index (χ1n) is 9.84. The molecule has 0 unspecified atom stereocenters. The minimum atomic E-state index is -3.61. The van der Waals surface area contributed by atoms with Crippen LogP contribution in [0.1, 0.15) is 31.7 Å². The molecule has 4 atom stereocenters. The fourth-order valence-corrected chi connectivity index (χ4v) is 7.02. The van der Waals surface area contributed by atoms with Gasteiger partial charge in [0.1, 0.15) is 0 Å². The van der Waals surface area contributed by atoms with E-state index in [-0.39, 0.29) is 30.5 Å². The van der Waals surface area contributed by atoms with E-state index in [4.69, 9.17) is 9.47 Å². The van der Waals surface area contributed by atoms with Crippen molar-refractivity contribution in [3.05, 3.63) is 42.0 Å². The molecule has 0 bridgehead atoms. The SMILES string of the molecule is C=C1CN(S(=O)(=O)c2ccc(C)cc2)[C@H]2CC[C@@H]3[C@H](CC(=O)OCC)OC[C@@]132. The molecule has 3 fully saturated rings. The Morgan fingerprint density at radius 2 is 2.04 bits per heavy atom. The van der Waals surface area contributed by atoms with Crippen molar-refractivity contribution < 1.29 is 22.7 Å². The Morgan fingerprint density at radius 1 is 1.32 bits per heavy atom. The van der Waals surface area contributed by atoms with Crippen LogP contribution in [0.5, 0.6) is 0 Å². The molecule has 0 radical (unpaired) electrons. The number of nitrogens with zero attached hydrogens (tertiary/aromatic N) is 1. The van der Waals surface area contributed by atoms with Crippen molar-refractivity contribution in [2.24, 2.45) is 11.3 Å². The van der Waals surface area contributed by atoms with Crippen molar-refractivity contribution in [1.82, 2.24) is 4.31 Å². The fourth-order valence-electron chi connectivity index (χ4n) is 5.31. The van der Waals surface area contributed by atoms with Crippen LogP contribution in [0.3, 0.4) is 0 Å². The van der Waals surface area contributed by atoms with E-state index in [1.165, 1.54) is 0 Å². The zero-order chi connectivity index (χ0) is 20.1. The molecule has 28 heavy (non-hydrogen) atoms. The van der Waals surface area contributed by atoms with Gasteiger partial charge in [-0.25, -0.2) is 8.42 Å². The molecule has 0 amide bonds. The van der Waals surface area contributed by atoms with Crippen molar-refractivity contribution in [1.29, 1.82) is 0 Å². The summed E-state index contributed by atoms with van der Waals surface area (Å²) in [4.78, 5) is 12.3. The Balaban J connectivity index is 1.61. The molecule has 1 aromatic rings. The smallest absolute Gasteiger partial charge is 0.308 e. The Kier molecular flexibility index (Phi) is 4.88. The second-order valence-electron chi connectivity index (χ2n) is 8.07. The highest BCUT2D eigenvalue weighted by Crippen LogP contribution is 2.61. The Labute approximate surface area is 166 Å². The third-order valence-corrected chi connectivity index (χ3v) is 8.51. The van der Waals surface area contributed by atoms with E-state index in [2.05, 4.69) is 6.58 Å². The molecule has 7 heteroatoms. The first-order valence-corrected chi connectivity index (χ1v) is 11.3. The minimum absolute atomic E-state index is 0.104. The largest absolute Gasteiger partial charge is 0.466 e. The number of ether oxygens (including phenoxy) is 2. The van der Waals surface area contributed by atoms with E-state index < -0.39 is 15.4 Å².